The lowest BCUT2D eigenvalue weighted by Crippen LogP contribution is -2.13. The molecule has 8 heteroatoms. The highest BCUT2D eigenvalue weighted by Crippen LogP contribution is 2.38. The average molecular weight is 407 g/mol. The van der Waals surface area contributed by atoms with Crippen LogP contribution in [0.25, 0.3) is 6.08 Å². The Kier molecular flexibility index (Phi) is 7.36. The molecule has 5 nitrogen and oxygen atoms in total. The summed E-state index contributed by atoms with van der Waals surface area (Å²) in [5, 5.41) is 11.8. The lowest BCUT2D eigenvalue weighted by atomic mass is 10.1. The maximum Gasteiger partial charge on any atom is 0.387 e. The zero-order chi connectivity index (χ0) is 20.7. The van der Waals surface area contributed by atoms with Gasteiger partial charge in [-0.05, 0) is 47.9 Å². The van der Waals surface area contributed by atoms with Gasteiger partial charge in [-0.25, -0.2) is 0 Å². The van der Waals surface area contributed by atoms with Gasteiger partial charge in [0.25, 0.3) is 5.91 Å². The summed E-state index contributed by atoms with van der Waals surface area (Å²) < 4.78 is 34.3. The number of hydrogen-bond acceptors (Lipinski definition) is 4. The molecule has 2 aromatic carbocycles. The Morgan fingerprint density at radius 2 is 2.00 bits per heavy atom. The maximum absolute atomic E-state index is 12.5. The SMILES string of the molecule is CCc1ccc(NC(=O)/C(C#N)=C/c2cc(Cl)c(OC(F)F)c(OC)c2)cc1. The van der Waals surface area contributed by atoms with Gasteiger partial charge in [-0.15, -0.1) is 0 Å². The van der Waals surface area contributed by atoms with E-state index in [4.69, 9.17) is 16.3 Å². The molecule has 0 aromatic heterocycles. The predicted molar refractivity (Wildman–Crippen MR) is 103 cm³/mol. The third-order valence-corrected chi connectivity index (χ3v) is 4.04. The van der Waals surface area contributed by atoms with E-state index in [1.165, 1.54) is 25.3 Å². The van der Waals surface area contributed by atoms with Crippen LogP contribution < -0.4 is 14.8 Å². The number of methoxy groups -OCH3 is 1. The first-order valence-corrected chi connectivity index (χ1v) is 8.60. The monoisotopic (exact) mass is 406 g/mol. The second-order valence-corrected chi connectivity index (χ2v) is 5.99. The van der Waals surface area contributed by atoms with Crippen molar-refractivity contribution in [1.29, 1.82) is 5.26 Å². The maximum atomic E-state index is 12.5. The van der Waals surface area contributed by atoms with Crippen LogP contribution in [0, 0.1) is 11.3 Å². The first-order chi connectivity index (χ1) is 13.4. The number of benzene rings is 2. The highest BCUT2D eigenvalue weighted by atomic mass is 35.5. The van der Waals surface area contributed by atoms with Gasteiger partial charge in [-0.2, -0.15) is 14.0 Å². The van der Waals surface area contributed by atoms with E-state index in [0.717, 1.165) is 12.0 Å². The second-order valence-electron chi connectivity index (χ2n) is 5.59. The molecule has 1 amide bonds. The van der Waals surface area contributed by atoms with Crippen molar-refractivity contribution in [2.24, 2.45) is 0 Å². The van der Waals surface area contributed by atoms with Gasteiger partial charge >= 0.3 is 6.61 Å². The molecule has 0 unspecified atom stereocenters. The predicted octanol–water partition coefficient (Wildman–Crippen LogP) is 5.06. The molecule has 0 fully saturated rings. The number of nitriles is 1. The number of alkyl halides is 2. The molecular weight excluding hydrogens is 390 g/mol. The number of amides is 1. The minimum atomic E-state index is -3.08. The fraction of sp³-hybridized carbons (Fsp3) is 0.200. The van der Waals surface area contributed by atoms with Crippen LogP contribution in [0.1, 0.15) is 18.1 Å². The fourth-order valence-electron chi connectivity index (χ4n) is 2.36. The molecule has 0 aliphatic carbocycles. The van der Waals surface area contributed by atoms with Crippen molar-refractivity contribution in [1.82, 2.24) is 0 Å². The molecule has 2 rings (SSSR count). The van der Waals surface area contributed by atoms with Crippen LogP contribution in [-0.4, -0.2) is 19.6 Å². The van der Waals surface area contributed by atoms with Crippen molar-refractivity contribution in [3.05, 3.63) is 58.1 Å². The lowest BCUT2D eigenvalue weighted by molar-refractivity contribution is -0.112. The number of halogens is 3. The summed E-state index contributed by atoms with van der Waals surface area (Å²) in [6.45, 7) is -1.06. The van der Waals surface area contributed by atoms with E-state index < -0.39 is 12.5 Å². The number of aryl methyl sites for hydroxylation is 1. The molecule has 0 heterocycles. The van der Waals surface area contributed by atoms with Gasteiger partial charge in [-0.1, -0.05) is 30.7 Å². The first kappa shape index (κ1) is 21.2. The summed E-state index contributed by atoms with van der Waals surface area (Å²) in [4.78, 5) is 12.4. The third-order valence-electron chi connectivity index (χ3n) is 3.75. The van der Waals surface area contributed by atoms with Crippen LogP contribution in [0.5, 0.6) is 11.5 Å². The topological polar surface area (TPSA) is 71.4 Å². The number of rotatable bonds is 7. The number of nitrogens with one attached hydrogen (secondary N) is 1. The van der Waals surface area contributed by atoms with Crippen molar-refractivity contribution >= 4 is 29.3 Å². The van der Waals surface area contributed by atoms with Crippen LogP contribution in [0.3, 0.4) is 0 Å². The van der Waals surface area contributed by atoms with Gasteiger partial charge in [0.15, 0.2) is 11.5 Å². The molecule has 28 heavy (non-hydrogen) atoms. The molecule has 0 spiro atoms. The number of hydrogen-bond donors (Lipinski definition) is 1. The summed E-state index contributed by atoms with van der Waals surface area (Å²) in [6.07, 6.45) is 2.14. The fourth-order valence-corrected chi connectivity index (χ4v) is 2.63. The molecule has 0 bridgehead atoms. The quantitative estimate of drug-likeness (QED) is 0.515. The highest BCUT2D eigenvalue weighted by molar-refractivity contribution is 6.32. The molecule has 0 atom stereocenters. The molecular formula is C20H17ClF2N2O3. The van der Waals surface area contributed by atoms with Gasteiger partial charge in [-0.3, -0.25) is 4.79 Å². The van der Waals surface area contributed by atoms with Gasteiger partial charge in [0.2, 0.25) is 0 Å². The van der Waals surface area contributed by atoms with E-state index in [9.17, 15) is 18.8 Å². The van der Waals surface area contributed by atoms with E-state index in [2.05, 4.69) is 10.1 Å². The number of anilines is 1. The Morgan fingerprint density at radius 3 is 2.54 bits per heavy atom. The Balaban J connectivity index is 2.28. The van der Waals surface area contributed by atoms with Gasteiger partial charge < -0.3 is 14.8 Å². The van der Waals surface area contributed by atoms with Crippen LogP contribution in [0.2, 0.25) is 5.02 Å². The van der Waals surface area contributed by atoms with Gasteiger partial charge in [0, 0.05) is 5.69 Å². The van der Waals surface area contributed by atoms with Crippen molar-refractivity contribution < 1.29 is 23.0 Å². The van der Waals surface area contributed by atoms with E-state index in [1.54, 1.807) is 12.1 Å². The van der Waals surface area contributed by atoms with E-state index in [0.29, 0.717) is 11.3 Å². The van der Waals surface area contributed by atoms with Crippen molar-refractivity contribution in [2.75, 3.05) is 12.4 Å². The van der Waals surface area contributed by atoms with E-state index in [1.807, 2.05) is 25.1 Å². The molecule has 0 saturated carbocycles. The number of ether oxygens (including phenoxy) is 2. The third kappa shape index (κ3) is 5.44. The first-order valence-electron chi connectivity index (χ1n) is 8.22. The second kappa shape index (κ2) is 9.72. The zero-order valence-electron chi connectivity index (χ0n) is 15.1. The standard InChI is InChI=1S/C20H17ClF2N2O3/c1-3-12-4-6-15(7-5-12)25-19(26)14(11-24)8-13-9-16(21)18(28-20(22)23)17(10-13)27-2/h4-10,20H,3H2,1-2H3,(H,25,26)/b14-8+. The molecule has 146 valence electrons. The summed E-state index contributed by atoms with van der Waals surface area (Å²) in [5.74, 6) is -0.989. The van der Waals surface area contributed by atoms with E-state index >= 15 is 0 Å². The van der Waals surface area contributed by atoms with E-state index in [-0.39, 0.29) is 22.1 Å². The van der Waals surface area contributed by atoms with Crippen molar-refractivity contribution in [3.63, 3.8) is 0 Å². The molecule has 0 aliphatic heterocycles. The Bertz CT molecular complexity index is 922. The van der Waals surface area contributed by atoms with Crippen molar-refractivity contribution in [2.45, 2.75) is 20.0 Å². The summed E-state index contributed by atoms with van der Waals surface area (Å²) in [5.41, 5.74) is 1.78. The Labute approximate surface area is 166 Å². The minimum absolute atomic E-state index is 0.0492. The summed E-state index contributed by atoms with van der Waals surface area (Å²) in [6, 6.07) is 11.7. The van der Waals surface area contributed by atoms with Crippen molar-refractivity contribution in [3.8, 4) is 17.6 Å². The lowest BCUT2D eigenvalue weighted by Gasteiger charge is -2.12. The minimum Gasteiger partial charge on any atom is -0.493 e. The van der Waals surface area contributed by atoms with Crippen LogP contribution >= 0.6 is 11.6 Å². The number of nitrogens with zero attached hydrogens (tertiary/aromatic N) is 1. The van der Waals surface area contributed by atoms with Gasteiger partial charge in [0.05, 0.1) is 12.1 Å². The molecule has 1 N–H and O–H groups in total. The molecule has 0 aliphatic rings. The smallest absolute Gasteiger partial charge is 0.387 e. The summed E-state index contributed by atoms with van der Waals surface area (Å²) >= 11 is 5.97. The number of carbonyl (C=O) groups excluding carboxylic acids is 1. The zero-order valence-corrected chi connectivity index (χ0v) is 15.9. The molecule has 2 aromatic rings. The summed E-state index contributed by atoms with van der Waals surface area (Å²) in [7, 11) is 1.26. The highest BCUT2D eigenvalue weighted by Gasteiger charge is 2.17. The van der Waals surface area contributed by atoms with Gasteiger partial charge in [0.1, 0.15) is 11.6 Å². The van der Waals surface area contributed by atoms with Crippen LogP contribution in [0.4, 0.5) is 14.5 Å². The largest absolute Gasteiger partial charge is 0.493 e. The number of carbonyl (C=O) groups is 1. The average Bonchev–Trinajstić information content (AvgIpc) is 2.68. The van der Waals surface area contributed by atoms with Crippen LogP contribution in [-0.2, 0) is 11.2 Å². The normalized spacial score (nSPS) is 11.1. The molecule has 0 saturated heterocycles. The Morgan fingerprint density at radius 1 is 1.32 bits per heavy atom. The molecule has 0 radical (unpaired) electrons. The van der Waals surface area contributed by atoms with Crippen LogP contribution in [0.15, 0.2) is 42.0 Å². The Hall–Kier alpha value is -3.11.